The van der Waals surface area contributed by atoms with Crippen LogP contribution in [0.25, 0.3) is 0 Å². The Bertz CT molecular complexity index is 920. The van der Waals surface area contributed by atoms with Crippen LogP contribution in [0.5, 0.6) is 0 Å². The van der Waals surface area contributed by atoms with Crippen LogP contribution in [0.3, 0.4) is 0 Å². The fourth-order valence-electron chi connectivity index (χ4n) is 3.61. The highest BCUT2D eigenvalue weighted by Gasteiger charge is 2.51. The van der Waals surface area contributed by atoms with Crippen LogP contribution in [-0.4, -0.2) is 66.2 Å². The van der Waals surface area contributed by atoms with Gasteiger partial charge >= 0.3 is 5.97 Å². The Kier molecular flexibility index (Phi) is 6.32. The number of hydrogen-bond donors (Lipinski definition) is 3. The molecule has 0 radical (unpaired) electrons. The smallest absolute Gasteiger partial charge is 0.332 e. The van der Waals surface area contributed by atoms with E-state index >= 15 is 0 Å². The first-order valence-corrected chi connectivity index (χ1v) is 10.9. The van der Waals surface area contributed by atoms with Crippen LogP contribution < -0.4 is 0 Å². The summed E-state index contributed by atoms with van der Waals surface area (Å²) in [6, 6.07) is 3.50. The number of hydrogen-bond acceptors (Lipinski definition) is 7. The molecule has 1 aromatic rings. The molecule has 1 heterocycles. The highest BCUT2D eigenvalue weighted by Crippen LogP contribution is 2.41. The molecular formula is C18H20ClFO8S. The van der Waals surface area contributed by atoms with Gasteiger partial charge in [0.1, 0.15) is 18.0 Å². The van der Waals surface area contributed by atoms with Crippen molar-refractivity contribution >= 4 is 27.4 Å². The molecule has 0 amide bonds. The van der Waals surface area contributed by atoms with Crippen LogP contribution >= 0.6 is 11.6 Å². The summed E-state index contributed by atoms with van der Waals surface area (Å²) in [5, 5.41) is 26.7. The first kappa shape index (κ1) is 22.1. The lowest BCUT2D eigenvalue weighted by atomic mass is 9.94. The molecule has 11 heteroatoms. The predicted molar refractivity (Wildman–Crippen MR) is 99.4 cm³/mol. The van der Waals surface area contributed by atoms with E-state index in [4.69, 9.17) is 21.1 Å². The second-order valence-corrected chi connectivity index (χ2v) is 9.57. The van der Waals surface area contributed by atoms with Crippen LogP contribution in [0.2, 0.25) is 5.02 Å². The summed E-state index contributed by atoms with van der Waals surface area (Å²) in [5.74, 6) is -4.18. The van der Waals surface area contributed by atoms with E-state index in [1.807, 2.05) is 0 Å². The number of carboxylic acids is 1. The Balaban J connectivity index is 1.90. The molecular weight excluding hydrogens is 431 g/mol. The van der Waals surface area contributed by atoms with Crippen molar-refractivity contribution in [3.63, 3.8) is 0 Å². The molecule has 3 N–H and O–H groups in total. The van der Waals surface area contributed by atoms with Crippen molar-refractivity contribution in [2.24, 2.45) is 0 Å². The van der Waals surface area contributed by atoms with E-state index in [-0.39, 0.29) is 23.4 Å². The number of rotatable bonds is 6. The van der Waals surface area contributed by atoms with Crippen LogP contribution in [0, 0.1) is 5.82 Å². The topological polar surface area (TPSA) is 130 Å². The predicted octanol–water partition coefficient (Wildman–Crippen LogP) is 1.03. The fraction of sp³-hybridized carbons (Fsp3) is 0.500. The van der Waals surface area contributed by atoms with Crippen molar-refractivity contribution in [3.05, 3.63) is 46.3 Å². The molecule has 160 valence electrons. The van der Waals surface area contributed by atoms with Gasteiger partial charge in [-0.05, 0) is 30.2 Å². The van der Waals surface area contributed by atoms with Crippen LogP contribution in [0.4, 0.5) is 4.39 Å². The first-order valence-electron chi connectivity index (χ1n) is 8.79. The fourth-order valence-corrected chi connectivity index (χ4v) is 5.69. The maximum absolute atomic E-state index is 13.3. The molecule has 1 aliphatic carbocycles. The second-order valence-electron chi connectivity index (χ2n) is 6.98. The second kappa shape index (κ2) is 8.29. The van der Waals surface area contributed by atoms with Crippen LogP contribution in [0.15, 0.2) is 29.8 Å². The van der Waals surface area contributed by atoms with Gasteiger partial charge in [-0.3, -0.25) is 0 Å². The zero-order valence-corrected chi connectivity index (χ0v) is 16.7. The maximum Gasteiger partial charge on any atom is 0.332 e. The standard InChI is InChI=1S/C18H20ClFO8S/c19-12-5-10(1-2-13(12)20)9-29(25,26)16-3-4-18(6-11(16)17(23)24)27-14(7-21)15(8-22)28-18/h1-2,5-6,14-16,21-22H,3-4,7-9H2,(H,23,24)/t14-,15-,16?/m1/s1. The number of aliphatic carboxylic acids is 1. The van der Waals surface area contributed by atoms with E-state index in [1.54, 1.807) is 0 Å². The van der Waals surface area contributed by atoms with Gasteiger partial charge in [0, 0.05) is 6.42 Å². The van der Waals surface area contributed by atoms with Gasteiger partial charge in [0.15, 0.2) is 15.6 Å². The minimum absolute atomic E-state index is 0.0187. The number of sulfone groups is 1. The number of aliphatic hydroxyl groups excluding tert-OH is 2. The van der Waals surface area contributed by atoms with Crippen molar-refractivity contribution < 1.29 is 42.4 Å². The van der Waals surface area contributed by atoms with Gasteiger partial charge in [0.25, 0.3) is 0 Å². The molecule has 1 fully saturated rings. The Morgan fingerprint density at radius 2 is 1.86 bits per heavy atom. The van der Waals surface area contributed by atoms with E-state index in [2.05, 4.69) is 0 Å². The summed E-state index contributed by atoms with van der Waals surface area (Å²) in [4.78, 5) is 11.8. The van der Waals surface area contributed by atoms with Gasteiger partial charge in [0.2, 0.25) is 0 Å². The van der Waals surface area contributed by atoms with E-state index in [0.29, 0.717) is 0 Å². The molecule has 0 bridgehead atoms. The largest absolute Gasteiger partial charge is 0.478 e. The summed E-state index contributed by atoms with van der Waals surface area (Å²) in [7, 11) is -3.98. The van der Waals surface area contributed by atoms with Gasteiger partial charge in [-0.25, -0.2) is 17.6 Å². The zero-order valence-electron chi connectivity index (χ0n) is 15.1. The normalized spacial score (nSPS) is 26.5. The number of carbonyl (C=O) groups is 1. The van der Waals surface area contributed by atoms with Gasteiger partial charge in [0.05, 0.1) is 34.8 Å². The molecule has 8 nitrogen and oxygen atoms in total. The lowest BCUT2D eigenvalue weighted by molar-refractivity contribution is -0.153. The Morgan fingerprint density at radius 1 is 1.24 bits per heavy atom. The molecule has 3 atom stereocenters. The first-order chi connectivity index (χ1) is 13.6. The molecule has 0 saturated carbocycles. The third-order valence-electron chi connectivity index (χ3n) is 4.99. The molecule has 1 saturated heterocycles. The number of carboxylic acid groups (broad SMARTS) is 1. The lowest BCUT2D eigenvalue weighted by Crippen LogP contribution is -2.41. The minimum Gasteiger partial charge on any atom is -0.478 e. The molecule has 1 aliphatic heterocycles. The Morgan fingerprint density at radius 3 is 2.38 bits per heavy atom. The maximum atomic E-state index is 13.3. The van der Waals surface area contributed by atoms with E-state index in [0.717, 1.165) is 12.1 Å². The van der Waals surface area contributed by atoms with Crippen molar-refractivity contribution in [3.8, 4) is 0 Å². The van der Waals surface area contributed by atoms with Crippen molar-refractivity contribution in [2.45, 2.75) is 41.8 Å². The van der Waals surface area contributed by atoms with Crippen molar-refractivity contribution in [1.82, 2.24) is 0 Å². The average molecular weight is 451 g/mol. The number of benzene rings is 1. The molecule has 1 unspecified atom stereocenters. The summed E-state index contributed by atoms with van der Waals surface area (Å²) < 4.78 is 50.3. The number of halogens is 2. The monoisotopic (exact) mass is 450 g/mol. The van der Waals surface area contributed by atoms with E-state index in [9.17, 15) is 32.9 Å². The molecule has 1 aromatic carbocycles. The summed E-state index contributed by atoms with van der Waals surface area (Å²) in [6.45, 7) is -0.896. The third kappa shape index (κ3) is 4.47. The quantitative estimate of drug-likeness (QED) is 0.586. The van der Waals surface area contributed by atoms with Gasteiger partial charge in [-0.15, -0.1) is 0 Å². The lowest BCUT2D eigenvalue weighted by Gasteiger charge is -2.33. The summed E-state index contributed by atoms with van der Waals surface area (Å²) in [6.07, 6.45) is -0.713. The average Bonchev–Trinajstić information content (AvgIpc) is 3.01. The van der Waals surface area contributed by atoms with Crippen molar-refractivity contribution in [2.75, 3.05) is 13.2 Å². The van der Waals surface area contributed by atoms with Crippen LogP contribution in [-0.2, 0) is 29.9 Å². The highest BCUT2D eigenvalue weighted by molar-refractivity contribution is 7.91. The van der Waals surface area contributed by atoms with Gasteiger partial charge in [-0.2, -0.15) is 0 Å². The minimum atomic E-state index is -3.98. The SMILES string of the molecule is O=C(O)C1=CC2(CCC1S(=O)(=O)Cc1ccc(F)c(Cl)c1)O[C@H](CO)[C@@H](CO)O2. The Labute approximate surface area is 171 Å². The third-order valence-corrected chi connectivity index (χ3v) is 7.37. The van der Waals surface area contributed by atoms with Gasteiger partial charge < -0.3 is 24.8 Å². The van der Waals surface area contributed by atoms with E-state index < -0.39 is 69.4 Å². The van der Waals surface area contributed by atoms with Gasteiger partial charge in [-0.1, -0.05) is 17.7 Å². The summed E-state index contributed by atoms with van der Waals surface area (Å²) >= 11 is 5.70. The molecule has 3 rings (SSSR count). The molecule has 2 aliphatic rings. The molecule has 1 spiro atoms. The number of aliphatic hydroxyl groups is 2. The Hall–Kier alpha value is -1.56. The highest BCUT2D eigenvalue weighted by atomic mass is 35.5. The molecule has 29 heavy (non-hydrogen) atoms. The van der Waals surface area contributed by atoms with Crippen LogP contribution in [0.1, 0.15) is 18.4 Å². The summed E-state index contributed by atoms with van der Waals surface area (Å²) in [5.41, 5.74) is -0.185. The van der Waals surface area contributed by atoms with Crippen molar-refractivity contribution in [1.29, 1.82) is 0 Å². The van der Waals surface area contributed by atoms with E-state index in [1.165, 1.54) is 12.1 Å². The zero-order chi connectivity index (χ0) is 21.4. The number of ether oxygens (including phenoxy) is 2. The molecule has 0 aromatic heterocycles.